The van der Waals surface area contributed by atoms with Gasteiger partial charge in [0.25, 0.3) is 0 Å². The van der Waals surface area contributed by atoms with Crippen LogP contribution in [0.2, 0.25) is 0 Å². The van der Waals surface area contributed by atoms with Crippen LogP contribution in [0.15, 0.2) is 54.6 Å². The number of rotatable bonds is 7. The van der Waals surface area contributed by atoms with Crippen molar-refractivity contribution in [3.63, 3.8) is 0 Å². The van der Waals surface area contributed by atoms with Crippen LogP contribution in [0, 0.1) is 5.92 Å². The summed E-state index contributed by atoms with van der Waals surface area (Å²) in [7, 11) is 0. The predicted molar refractivity (Wildman–Crippen MR) is 86.5 cm³/mol. The lowest BCUT2D eigenvalue weighted by molar-refractivity contribution is 0.168. The molecule has 0 aliphatic rings. The number of benzene rings is 2. The zero-order chi connectivity index (χ0) is 15.1. The molecule has 1 atom stereocenters. The summed E-state index contributed by atoms with van der Waals surface area (Å²) < 4.78 is 5.74. The van der Waals surface area contributed by atoms with Crippen molar-refractivity contribution in [2.45, 2.75) is 32.8 Å². The molecule has 0 radical (unpaired) electrons. The number of hydrogen-bond acceptors (Lipinski definition) is 2. The quantitative estimate of drug-likeness (QED) is 0.817. The summed E-state index contributed by atoms with van der Waals surface area (Å²) in [6.07, 6.45) is 1.15. The van der Waals surface area contributed by atoms with E-state index in [0.717, 1.165) is 30.8 Å². The number of ether oxygens (including phenoxy) is 1. The van der Waals surface area contributed by atoms with Crippen molar-refractivity contribution in [1.82, 2.24) is 0 Å². The molecule has 2 aromatic carbocycles. The minimum absolute atomic E-state index is 0.411. The maximum Gasteiger partial charge on any atom is 0.119 e. The van der Waals surface area contributed by atoms with Gasteiger partial charge in [0.2, 0.25) is 0 Å². The highest BCUT2D eigenvalue weighted by Gasteiger charge is 2.07. The van der Waals surface area contributed by atoms with Crippen molar-refractivity contribution >= 4 is 0 Å². The lowest BCUT2D eigenvalue weighted by Crippen LogP contribution is -2.05. The molecule has 0 aliphatic carbocycles. The molecule has 2 nitrogen and oxygen atoms in total. The third-order valence-corrected chi connectivity index (χ3v) is 3.37. The molecule has 0 saturated heterocycles. The van der Waals surface area contributed by atoms with Gasteiger partial charge in [-0.25, -0.2) is 0 Å². The van der Waals surface area contributed by atoms with Gasteiger partial charge in [-0.2, -0.15) is 0 Å². The van der Waals surface area contributed by atoms with E-state index in [4.69, 9.17) is 4.74 Å². The van der Waals surface area contributed by atoms with Gasteiger partial charge in [0.05, 0.1) is 12.7 Å². The number of aliphatic hydroxyl groups excluding tert-OH is 1. The molecule has 2 heteroatoms. The van der Waals surface area contributed by atoms with Gasteiger partial charge in [-0.1, -0.05) is 56.3 Å². The summed E-state index contributed by atoms with van der Waals surface area (Å²) in [5.41, 5.74) is 2.18. The largest absolute Gasteiger partial charge is 0.493 e. The average molecular weight is 284 g/mol. The molecule has 0 amide bonds. The first kappa shape index (κ1) is 15.6. The molecule has 21 heavy (non-hydrogen) atoms. The van der Waals surface area contributed by atoms with Crippen LogP contribution in [0.5, 0.6) is 5.75 Å². The maximum absolute atomic E-state index is 10.2. The minimum atomic E-state index is -0.411. The molecule has 0 spiro atoms. The molecular weight excluding hydrogens is 260 g/mol. The zero-order valence-electron chi connectivity index (χ0n) is 12.8. The normalized spacial score (nSPS) is 12.4. The molecule has 2 aromatic rings. The number of aryl methyl sites for hydroxylation is 1. The highest BCUT2D eigenvalue weighted by atomic mass is 16.5. The van der Waals surface area contributed by atoms with E-state index >= 15 is 0 Å². The summed E-state index contributed by atoms with van der Waals surface area (Å²) in [5.74, 6) is 1.43. The Morgan fingerprint density at radius 2 is 1.76 bits per heavy atom. The van der Waals surface area contributed by atoms with E-state index in [0.29, 0.717) is 5.92 Å². The molecule has 0 bridgehead atoms. The van der Waals surface area contributed by atoms with Crippen LogP contribution in [0.25, 0.3) is 0 Å². The van der Waals surface area contributed by atoms with Crippen LogP contribution >= 0.6 is 0 Å². The van der Waals surface area contributed by atoms with Crippen LogP contribution in [0.1, 0.15) is 37.5 Å². The Balaban J connectivity index is 1.89. The summed E-state index contributed by atoms with van der Waals surface area (Å²) in [6, 6.07) is 18.0. The van der Waals surface area contributed by atoms with E-state index in [1.54, 1.807) is 0 Å². The molecule has 2 rings (SSSR count). The highest BCUT2D eigenvalue weighted by molar-refractivity contribution is 5.29. The van der Waals surface area contributed by atoms with Gasteiger partial charge < -0.3 is 9.84 Å². The number of hydrogen-bond donors (Lipinski definition) is 1. The van der Waals surface area contributed by atoms with Crippen LogP contribution < -0.4 is 4.74 Å². The van der Waals surface area contributed by atoms with Crippen molar-refractivity contribution in [2.24, 2.45) is 5.92 Å². The maximum atomic E-state index is 10.2. The summed E-state index contributed by atoms with van der Waals surface area (Å²) in [4.78, 5) is 0. The zero-order valence-corrected chi connectivity index (χ0v) is 12.8. The molecule has 112 valence electrons. The van der Waals surface area contributed by atoms with Crippen molar-refractivity contribution < 1.29 is 9.84 Å². The van der Waals surface area contributed by atoms with E-state index in [-0.39, 0.29) is 0 Å². The van der Waals surface area contributed by atoms with Crippen LogP contribution in [0.3, 0.4) is 0 Å². The Kier molecular flexibility index (Phi) is 5.82. The SMILES string of the molecule is CC(C)COc1cccc(CCC(O)c2ccccc2)c1. The third kappa shape index (κ3) is 5.24. The third-order valence-electron chi connectivity index (χ3n) is 3.37. The molecule has 1 N–H and O–H groups in total. The predicted octanol–water partition coefficient (Wildman–Crippen LogP) is 4.39. The summed E-state index contributed by atoms with van der Waals surface area (Å²) in [6.45, 7) is 5.01. The molecule has 0 aromatic heterocycles. The highest BCUT2D eigenvalue weighted by Crippen LogP contribution is 2.21. The minimum Gasteiger partial charge on any atom is -0.493 e. The average Bonchev–Trinajstić information content (AvgIpc) is 2.52. The van der Waals surface area contributed by atoms with E-state index < -0.39 is 6.10 Å². The van der Waals surface area contributed by atoms with E-state index in [1.165, 1.54) is 5.56 Å². The van der Waals surface area contributed by atoms with E-state index in [2.05, 4.69) is 26.0 Å². The fraction of sp³-hybridized carbons (Fsp3) is 0.368. The van der Waals surface area contributed by atoms with Crippen LogP contribution in [-0.2, 0) is 6.42 Å². The summed E-state index contributed by atoms with van der Waals surface area (Å²) in [5, 5.41) is 10.2. The van der Waals surface area contributed by atoms with Gasteiger partial charge in [0.15, 0.2) is 0 Å². The van der Waals surface area contributed by atoms with E-state index in [1.807, 2.05) is 42.5 Å². The molecule has 0 fully saturated rings. The van der Waals surface area contributed by atoms with Crippen LogP contribution in [-0.4, -0.2) is 11.7 Å². The van der Waals surface area contributed by atoms with Gasteiger partial charge in [-0.05, 0) is 42.0 Å². The fourth-order valence-electron chi connectivity index (χ4n) is 2.20. The first-order valence-corrected chi connectivity index (χ1v) is 7.60. The molecule has 1 unspecified atom stereocenters. The van der Waals surface area contributed by atoms with Crippen molar-refractivity contribution in [3.8, 4) is 5.75 Å². The Hall–Kier alpha value is -1.80. The smallest absolute Gasteiger partial charge is 0.119 e. The van der Waals surface area contributed by atoms with E-state index in [9.17, 15) is 5.11 Å². The standard InChI is InChI=1S/C19H24O2/c1-15(2)14-21-18-10-6-7-16(13-18)11-12-19(20)17-8-4-3-5-9-17/h3-10,13,15,19-20H,11-12,14H2,1-2H3. The molecular formula is C19H24O2. The topological polar surface area (TPSA) is 29.5 Å². The summed E-state index contributed by atoms with van der Waals surface area (Å²) >= 11 is 0. The first-order chi connectivity index (χ1) is 10.1. The molecule has 0 heterocycles. The van der Waals surface area contributed by atoms with Gasteiger partial charge in [0, 0.05) is 0 Å². The lowest BCUT2D eigenvalue weighted by Gasteiger charge is -2.12. The van der Waals surface area contributed by atoms with Crippen molar-refractivity contribution in [1.29, 1.82) is 0 Å². The second-order valence-corrected chi connectivity index (χ2v) is 5.82. The van der Waals surface area contributed by atoms with Gasteiger partial charge in [-0.15, -0.1) is 0 Å². The second kappa shape index (κ2) is 7.84. The van der Waals surface area contributed by atoms with Gasteiger partial charge in [-0.3, -0.25) is 0 Å². The monoisotopic (exact) mass is 284 g/mol. The molecule has 0 saturated carbocycles. The molecule has 0 aliphatic heterocycles. The fourth-order valence-corrected chi connectivity index (χ4v) is 2.20. The van der Waals surface area contributed by atoms with Gasteiger partial charge in [0.1, 0.15) is 5.75 Å². The van der Waals surface area contributed by atoms with Gasteiger partial charge >= 0.3 is 0 Å². The van der Waals surface area contributed by atoms with Crippen LogP contribution in [0.4, 0.5) is 0 Å². The van der Waals surface area contributed by atoms with Crippen molar-refractivity contribution in [2.75, 3.05) is 6.61 Å². The number of aliphatic hydroxyl groups is 1. The van der Waals surface area contributed by atoms with Crippen molar-refractivity contribution in [3.05, 3.63) is 65.7 Å². The Morgan fingerprint density at radius 3 is 2.48 bits per heavy atom. The Labute approximate surface area is 127 Å². The Bertz CT molecular complexity index is 534. The lowest BCUT2D eigenvalue weighted by atomic mass is 10.0. The first-order valence-electron chi connectivity index (χ1n) is 7.60. The second-order valence-electron chi connectivity index (χ2n) is 5.82. The Morgan fingerprint density at radius 1 is 1.00 bits per heavy atom.